The lowest BCUT2D eigenvalue weighted by Gasteiger charge is -2.04. The monoisotopic (exact) mass is 360 g/mol. The lowest BCUT2D eigenvalue weighted by Crippen LogP contribution is -2.19. The molecule has 0 spiro atoms. The van der Waals surface area contributed by atoms with E-state index in [4.69, 9.17) is 4.74 Å². The second kappa shape index (κ2) is 7.40. The van der Waals surface area contributed by atoms with Crippen LogP contribution >= 0.6 is 11.3 Å². The summed E-state index contributed by atoms with van der Waals surface area (Å²) in [6.45, 7) is 3.54. The van der Waals surface area contributed by atoms with E-state index in [1.807, 2.05) is 0 Å². The van der Waals surface area contributed by atoms with Crippen LogP contribution < -0.4 is 9.54 Å². The molecule has 25 heavy (non-hydrogen) atoms. The molecule has 3 aromatic rings. The summed E-state index contributed by atoms with van der Waals surface area (Å²) in [5, 5.41) is 0. The summed E-state index contributed by atoms with van der Waals surface area (Å²) in [7, 11) is 0. The highest BCUT2D eigenvalue weighted by molar-refractivity contribution is 7.16. The second-order valence-corrected chi connectivity index (χ2v) is 6.10. The standard InChI is InChI=1S/C18H14F2N2O2S/c1-2-10-22-17-13(20)7-5-9-15(17)25-18(22)21-16(23)11-24-14-8-4-3-6-12(14)19/h2-9H,1,10-11H2. The number of nitrogens with zero attached hydrogens (tertiary/aromatic N) is 2. The fourth-order valence-electron chi connectivity index (χ4n) is 2.31. The minimum absolute atomic E-state index is 0.0209. The number of ether oxygens (including phenoxy) is 1. The van der Waals surface area contributed by atoms with Gasteiger partial charge in [0.25, 0.3) is 5.91 Å². The van der Waals surface area contributed by atoms with Crippen molar-refractivity contribution >= 4 is 27.5 Å². The molecular formula is C18H14F2N2O2S. The molecule has 0 radical (unpaired) electrons. The number of aromatic nitrogens is 1. The molecule has 0 aliphatic rings. The van der Waals surface area contributed by atoms with Crippen LogP contribution in [0.1, 0.15) is 0 Å². The molecule has 1 aromatic heterocycles. The van der Waals surface area contributed by atoms with Crippen molar-refractivity contribution in [3.63, 3.8) is 0 Å². The van der Waals surface area contributed by atoms with Gasteiger partial charge in [0.2, 0.25) is 0 Å². The van der Waals surface area contributed by atoms with E-state index in [-0.39, 0.29) is 5.75 Å². The smallest absolute Gasteiger partial charge is 0.286 e. The quantitative estimate of drug-likeness (QED) is 0.652. The van der Waals surface area contributed by atoms with Crippen LogP contribution in [0.3, 0.4) is 0 Å². The van der Waals surface area contributed by atoms with E-state index in [0.29, 0.717) is 21.6 Å². The van der Waals surface area contributed by atoms with Gasteiger partial charge in [-0.25, -0.2) is 8.78 Å². The summed E-state index contributed by atoms with van der Waals surface area (Å²) in [5.74, 6) is -1.56. The van der Waals surface area contributed by atoms with Gasteiger partial charge >= 0.3 is 0 Å². The van der Waals surface area contributed by atoms with E-state index in [1.54, 1.807) is 28.8 Å². The first-order valence-corrected chi connectivity index (χ1v) is 8.25. The molecule has 0 aliphatic heterocycles. The summed E-state index contributed by atoms with van der Waals surface area (Å²) in [5.41, 5.74) is 0.369. The number of halogens is 2. The Balaban J connectivity index is 1.91. The first-order valence-electron chi connectivity index (χ1n) is 7.44. The molecule has 2 aromatic carbocycles. The highest BCUT2D eigenvalue weighted by atomic mass is 32.1. The molecule has 3 rings (SSSR count). The number of amides is 1. The molecule has 0 saturated carbocycles. The second-order valence-electron chi connectivity index (χ2n) is 5.10. The number of hydrogen-bond acceptors (Lipinski definition) is 3. The highest BCUT2D eigenvalue weighted by Crippen LogP contribution is 2.20. The summed E-state index contributed by atoms with van der Waals surface area (Å²) in [6, 6.07) is 10.5. The Morgan fingerprint density at radius 1 is 1.20 bits per heavy atom. The number of fused-ring (bicyclic) bond motifs is 1. The zero-order valence-corrected chi connectivity index (χ0v) is 13.9. The maximum atomic E-state index is 14.1. The summed E-state index contributed by atoms with van der Waals surface area (Å²) < 4.78 is 35.0. The van der Waals surface area contributed by atoms with Crippen LogP contribution in [0.15, 0.2) is 60.1 Å². The van der Waals surface area contributed by atoms with Crippen LogP contribution in [-0.2, 0) is 11.3 Å². The van der Waals surface area contributed by atoms with E-state index in [0.717, 1.165) is 0 Å². The molecule has 0 N–H and O–H groups in total. The number of hydrogen-bond donors (Lipinski definition) is 0. The Labute approximate surface area is 146 Å². The number of rotatable bonds is 5. The molecule has 7 heteroatoms. The van der Waals surface area contributed by atoms with Crippen molar-refractivity contribution in [3.8, 4) is 5.75 Å². The van der Waals surface area contributed by atoms with E-state index in [2.05, 4.69) is 11.6 Å². The van der Waals surface area contributed by atoms with Gasteiger partial charge in [0, 0.05) is 6.54 Å². The van der Waals surface area contributed by atoms with Crippen LogP contribution in [0, 0.1) is 11.6 Å². The summed E-state index contributed by atoms with van der Waals surface area (Å²) in [4.78, 5) is 16.4. The average molecular weight is 360 g/mol. The van der Waals surface area contributed by atoms with Crippen molar-refractivity contribution in [2.24, 2.45) is 4.99 Å². The largest absolute Gasteiger partial charge is 0.481 e. The fraction of sp³-hybridized carbons (Fsp3) is 0.111. The minimum Gasteiger partial charge on any atom is -0.481 e. The van der Waals surface area contributed by atoms with Crippen LogP contribution in [0.4, 0.5) is 8.78 Å². The Bertz CT molecular complexity index is 1010. The molecule has 1 heterocycles. The Morgan fingerprint density at radius 2 is 1.96 bits per heavy atom. The lowest BCUT2D eigenvalue weighted by atomic mass is 10.3. The maximum Gasteiger partial charge on any atom is 0.286 e. The zero-order valence-electron chi connectivity index (χ0n) is 13.1. The van der Waals surface area contributed by atoms with Crippen molar-refractivity contribution in [3.05, 3.63) is 71.6 Å². The minimum atomic E-state index is -0.590. The molecule has 0 unspecified atom stereocenters. The van der Waals surface area contributed by atoms with Gasteiger partial charge in [-0.05, 0) is 24.3 Å². The number of para-hydroxylation sites is 2. The molecule has 0 saturated heterocycles. The third kappa shape index (κ3) is 3.66. The van der Waals surface area contributed by atoms with E-state index in [9.17, 15) is 13.6 Å². The Kier molecular flexibility index (Phi) is 5.04. The van der Waals surface area contributed by atoms with E-state index < -0.39 is 24.1 Å². The van der Waals surface area contributed by atoms with Gasteiger partial charge in [-0.3, -0.25) is 4.79 Å². The predicted molar refractivity (Wildman–Crippen MR) is 92.4 cm³/mol. The zero-order chi connectivity index (χ0) is 17.8. The molecule has 1 amide bonds. The van der Waals surface area contributed by atoms with Gasteiger partial charge in [-0.1, -0.05) is 35.6 Å². The van der Waals surface area contributed by atoms with Gasteiger partial charge in [-0.2, -0.15) is 4.99 Å². The fourth-order valence-corrected chi connectivity index (χ4v) is 3.38. The van der Waals surface area contributed by atoms with Crippen LogP contribution in [-0.4, -0.2) is 17.1 Å². The van der Waals surface area contributed by atoms with Crippen LogP contribution in [0.2, 0.25) is 0 Å². The molecule has 0 aliphatic carbocycles. The molecule has 128 valence electrons. The average Bonchev–Trinajstić information content (AvgIpc) is 2.93. The normalized spacial score (nSPS) is 11.7. The van der Waals surface area contributed by atoms with Crippen LogP contribution in [0.25, 0.3) is 10.2 Å². The first-order chi connectivity index (χ1) is 12.1. The SMILES string of the molecule is C=CCn1c(=NC(=O)COc2ccccc2F)sc2cccc(F)c21. The molecule has 0 bridgehead atoms. The summed E-state index contributed by atoms with van der Waals surface area (Å²) >= 11 is 1.19. The molecular weight excluding hydrogens is 346 g/mol. The van der Waals surface area contributed by atoms with E-state index in [1.165, 1.54) is 35.6 Å². The third-order valence-corrected chi connectivity index (χ3v) is 4.42. The van der Waals surface area contributed by atoms with Crippen molar-refractivity contribution in [2.75, 3.05) is 6.61 Å². The van der Waals surface area contributed by atoms with E-state index >= 15 is 0 Å². The van der Waals surface area contributed by atoms with Crippen molar-refractivity contribution in [1.82, 2.24) is 4.57 Å². The number of allylic oxidation sites excluding steroid dienone is 1. The Hall–Kier alpha value is -2.80. The number of thiazole rings is 1. The maximum absolute atomic E-state index is 14.1. The van der Waals surface area contributed by atoms with Crippen molar-refractivity contribution in [2.45, 2.75) is 6.54 Å². The van der Waals surface area contributed by atoms with Gasteiger partial charge < -0.3 is 9.30 Å². The lowest BCUT2D eigenvalue weighted by molar-refractivity contribution is -0.120. The van der Waals surface area contributed by atoms with Crippen LogP contribution in [0.5, 0.6) is 5.75 Å². The predicted octanol–water partition coefficient (Wildman–Crippen LogP) is 3.67. The number of carbonyl (C=O) groups is 1. The first kappa shape index (κ1) is 17.0. The molecule has 0 fully saturated rings. The third-order valence-electron chi connectivity index (χ3n) is 3.37. The van der Waals surface area contributed by atoms with Gasteiger partial charge in [0.05, 0.1) is 10.2 Å². The highest BCUT2D eigenvalue weighted by Gasteiger charge is 2.11. The van der Waals surface area contributed by atoms with Gasteiger partial charge in [0.15, 0.2) is 23.0 Å². The van der Waals surface area contributed by atoms with Crippen molar-refractivity contribution in [1.29, 1.82) is 0 Å². The van der Waals surface area contributed by atoms with Crippen molar-refractivity contribution < 1.29 is 18.3 Å². The summed E-state index contributed by atoms with van der Waals surface area (Å²) in [6.07, 6.45) is 1.60. The van der Waals surface area contributed by atoms with Gasteiger partial charge in [-0.15, -0.1) is 6.58 Å². The molecule has 4 nitrogen and oxygen atoms in total. The number of benzene rings is 2. The molecule has 0 atom stereocenters. The Morgan fingerprint density at radius 3 is 2.72 bits per heavy atom. The van der Waals surface area contributed by atoms with Gasteiger partial charge in [0.1, 0.15) is 5.82 Å². The number of carbonyl (C=O) groups excluding carboxylic acids is 1. The topological polar surface area (TPSA) is 43.6 Å².